The number of halogens is 1. The van der Waals surface area contributed by atoms with E-state index in [0.717, 1.165) is 18.4 Å². The summed E-state index contributed by atoms with van der Waals surface area (Å²) in [5.41, 5.74) is 3.48. The first-order valence-corrected chi connectivity index (χ1v) is 6.59. The average Bonchev–Trinajstić information content (AvgIpc) is 2.40. The molecule has 0 aliphatic heterocycles. The summed E-state index contributed by atoms with van der Waals surface area (Å²) in [6.45, 7) is 4.61. The number of methoxy groups -OCH3 is 1. The van der Waals surface area contributed by atoms with Crippen molar-refractivity contribution in [2.24, 2.45) is 5.84 Å². The molecule has 0 radical (unpaired) electrons. The van der Waals surface area contributed by atoms with Crippen molar-refractivity contribution in [3.05, 3.63) is 29.6 Å². The molecule has 1 aromatic carbocycles. The lowest BCUT2D eigenvalue weighted by molar-refractivity contribution is 0.0275. The topological polar surface area (TPSA) is 56.5 Å². The van der Waals surface area contributed by atoms with Gasteiger partial charge in [-0.1, -0.05) is 19.4 Å². The third-order valence-electron chi connectivity index (χ3n) is 3.04. The predicted molar refractivity (Wildman–Crippen MR) is 73.3 cm³/mol. The fraction of sp³-hybridized carbons (Fsp3) is 0.571. The van der Waals surface area contributed by atoms with Crippen LogP contribution in [-0.4, -0.2) is 19.8 Å². The molecule has 0 fully saturated rings. The van der Waals surface area contributed by atoms with Crippen LogP contribution >= 0.6 is 0 Å². The summed E-state index contributed by atoms with van der Waals surface area (Å²) in [4.78, 5) is 0. The molecule has 0 bridgehead atoms. The molecule has 0 amide bonds. The molecule has 0 heterocycles. The third kappa shape index (κ3) is 4.16. The zero-order valence-corrected chi connectivity index (χ0v) is 11.8. The fourth-order valence-electron chi connectivity index (χ4n) is 2.14. The van der Waals surface area contributed by atoms with Gasteiger partial charge in [0.25, 0.3) is 0 Å². The summed E-state index contributed by atoms with van der Waals surface area (Å²) in [6.07, 6.45) is 1.76. The smallest absolute Gasteiger partial charge is 0.165 e. The van der Waals surface area contributed by atoms with E-state index in [-0.39, 0.29) is 17.9 Å². The maximum Gasteiger partial charge on any atom is 0.165 e. The second-order valence-electron chi connectivity index (χ2n) is 4.32. The van der Waals surface area contributed by atoms with Crippen LogP contribution in [-0.2, 0) is 4.74 Å². The van der Waals surface area contributed by atoms with Gasteiger partial charge in [-0.15, -0.1) is 0 Å². The minimum Gasteiger partial charge on any atom is -0.494 e. The van der Waals surface area contributed by atoms with Gasteiger partial charge in [-0.25, -0.2) is 4.39 Å². The molecule has 0 aliphatic rings. The second kappa shape index (κ2) is 8.09. The van der Waals surface area contributed by atoms with Crippen LogP contribution in [0.25, 0.3) is 0 Å². The molecule has 1 aromatic rings. The molecule has 0 spiro atoms. The van der Waals surface area contributed by atoms with Gasteiger partial charge >= 0.3 is 0 Å². The van der Waals surface area contributed by atoms with Crippen LogP contribution in [0.2, 0.25) is 0 Å². The van der Waals surface area contributed by atoms with E-state index in [2.05, 4.69) is 12.3 Å². The van der Waals surface area contributed by atoms with Crippen molar-refractivity contribution in [1.82, 2.24) is 5.43 Å². The molecular weight excluding hydrogens is 247 g/mol. The molecule has 2 unspecified atom stereocenters. The minimum absolute atomic E-state index is 0.0761. The van der Waals surface area contributed by atoms with Gasteiger partial charge in [0.05, 0.1) is 19.3 Å². The highest BCUT2D eigenvalue weighted by molar-refractivity contribution is 5.31. The van der Waals surface area contributed by atoms with Crippen LogP contribution in [0.1, 0.15) is 38.3 Å². The standard InChI is InChI=1S/C14H23FN2O2/c1-4-6-13(19-5-2)14(17-16)10-7-8-12(18-3)11(15)9-10/h7-9,13-14,17H,4-6,16H2,1-3H3. The number of benzene rings is 1. The van der Waals surface area contributed by atoms with Crippen LogP contribution in [0.5, 0.6) is 5.75 Å². The average molecular weight is 270 g/mol. The van der Waals surface area contributed by atoms with E-state index in [9.17, 15) is 4.39 Å². The van der Waals surface area contributed by atoms with E-state index < -0.39 is 5.82 Å². The van der Waals surface area contributed by atoms with Crippen LogP contribution < -0.4 is 16.0 Å². The number of ether oxygens (including phenoxy) is 2. The SMILES string of the molecule is CCCC(OCC)C(NN)c1ccc(OC)c(F)c1. The number of nitrogens with one attached hydrogen (secondary N) is 1. The summed E-state index contributed by atoms with van der Waals surface area (Å²) in [7, 11) is 1.44. The molecule has 108 valence electrons. The van der Waals surface area contributed by atoms with E-state index >= 15 is 0 Å². The number of hydrazine groups is 1. The normalized spacial score (nSPS) is 14.2. The van der Waals surface area contributed by atoms with E-state index in [1.807, 2.05) is 6.92 Å². The maximum atomic E-state index is 13.7. The van der Waals surface area contributed by atoms with Crippen LogP contribution in [0.3, 0.4) is 0 Å². The maximum absolute atomic E-state index is 13.7. The first-order chi connectivity index (χ1) is 9.17. The monoisotopic (exact) mass is 270 g/mol. The van der Waals surface area contributed by atoms with Gasteiger partial charge in [-0.3, -0.25) is 11.3 Å². The number of hydrogen-bond donors (Lipinski definition) is 2. The highest BCUT2D eigenvalue weighted by atomic mass is 19.1. The lowest BCUT2D eigenvalue weighted by Crippen LogP contribution is -2.38. The van der Waals surface area contributed by atoms with Gasteiger partial charge in [-0.2, -0.15) is 0 Å². The Morgan fingerprint density at radius 2 is 2.11 bits per heavy atom. The summed E-state index contributed by atoms with van der Waals surface area (Å²) in [5, 5.41) is 0. The van der Waals surface area contributed by atoms with Crippen LogP contribution in [0, 0.1) is 5.82 Å². The van der Waals surface area contributed by atoms with Gasteiger partial charge in [0.15, 0.2) is 11.6 Å². The van der Waals surface area contributed by atoms with Gasteiger partial charge in [0.1, 0.15) is 0 Å². The minimum atomic E-state index is -0.396. The molecule has 0 aromatic heterocycles. The summed E-state index contributed by atoms with van der Waals surface area (Å²) in [6, 6.07) is 4.60. The molecule has 0 saturated heterocycles. The van der Waals surface area contributed by atoms with Gasteiger partial charge < -0.3 is 9.47 Å². The third-order valence-corrected chi connectivity index (χ3v) is 3.04. The predicted octanol–water partition coefficient (Wildman–Crippen LogP) is 2.54. The molecule has 2 atom stereocenters. The Morgan fingerprint density at radius 3 is 2.58 bits per heavy atom. The molecule has 1 rings (SSSR count). The summed E-state index contributed by atoms with van der Waals surface area (Å²) in [5.74, 6) is 5.43. The first-order valence-electron chi connectivity index (χ1n) is 6.59. The molecule has 5 heteroatoms. The largest absolute Gasteiger partial charge is 0.494 e. The Kier molecular flexibility index (Phi) is 6.77. The number of rotatable bonds is 8. The summed E-state index contributed by atoms with van der Waals surface area (Å²) < 4.78 is 24.3. The highest BCUT2D eigenvalue weighted by Gasteiger charge is 2.23. The lowest BCUT2D eigenvalue weighted by Gasteiger charge is -2.26. The van der Waals surface area contributed by atoms with E-state index in [1.165, 1.54) is 13.2 Å². The Bertz CT molecular complexity index is 382. The van der Waals surface area contributed by atoms with Crippen molar-refractivity contribution in [3.8, 4) is 5.75 Å². The van der Waals surface area contributed by atoms with E-state index in [1.54, 1.807) is 12.1 Å². The van der Waals surface area contributed by atoms with E-state index in [0.29, 0.717) is 6.61 Å². The van der Waals surface area contributed by atoms with Gasteiger partial charge in [-0.05, 0) is 31.0 Å². The zero-order valence-electron chi connectivity index (χ0n) is 11.8. The first kappa shape index (κ1) is 15.9. The fourth-order valence-corrected chi connectivity index (χ4v) is 2.14. The lowest BCUT2D eigenvalue weighted by atomic mass is 9.98. The summed E-state index contributed by atoms with van der Waals surface area (Å²) >= 11 is 0. The molecule has 0 saturated carbocycles. The number of nitrogens with two attached hydrogens (primary N) is 1. The van der Waals surface area contributed by atoms with Crippen molar-refractivity contribution in [3.63, 3.8) is 0 Å². The molecule has 4 nitrogen and oxygen atoms in total. The molecule has 0 aliphatic carbocycles. The Morgan fingerprint density at radius 1 is 1.37 bits per heavy atom. The molecule has 3 N–H and O–H groups in total. The Balaban J connectivity index is 2.96. The zero-order chi connectivity index (χ0) is 14.3. The van der Waals surface area contributed by atoms with Gasteiger partial charge in [0.2, 0.25) is 0 Å². The van der Waals surface area contributed by atoms with Gasteiger partial charge in [0, 0.05) is 6.61 Å². The Labute approximate surface area is 114 Å². The second-order valence-corrected chi connectivity index (χ2v) is 4.32. The quantitative estimate of drug-likeness (QED) is 0.563. The molecule has 19 heavy (non-hydrogen) atoms. The van der Waals surface area contributed by atoms with E-state index in [4.69, 9.17) is 15.3 Å². The van der Waals surface area contributed by atoms with Crippen molar-refractivity contribution in [2.75, 3.05) is 13.7 Å². The highest BCUT2D eigenvalue weighted by Crippen LogP contribution is 2.26. The van der Waals surface area contributed by atoms with Crippen molar-refractivity contribution in [1.29, 1.82) is 0 Å². The van der Waals surface area contributed by atoms with Crippen LogP contribution in [0.4, 0.5) is 4.39 Å². The van der Waals surface area contributed by atoms with Crippen molar-refractivity contribution < 1.29 is 13.9 Å². The Hall–Kier alpha value is -1.17. The van der Waals surface area contributed by atoms with Crippen molar-refractivity contribution >= 4 is 0 Å². The number of hydrogen-bond acceptors (Lipinski definition) is 4. The van der Waals surface area contributed by atoms with Crippen molar-refractivity contribution in [2.45, 2.75) is 38.8 Å². The molecular formula is C14H23FN2O2. The van der Waals surface area contributed by atoms with Crippen LogP contribution in [0.15, 0.2) is 18.2 Å².